The van der Waals surface area contributed by atoms with E-state index in [4.69, 9.17) is 56.6 Å². The molecule has 7 rings (SSSR count). The van der Waals surface area contributed by atoms with E-state index in [-0.39, 0.29) is 36.3 Å². The molecule has 0 saturated carbocycles. The van der Waals surface area contributed by atoms with Crippen molar-refractivity contribution in [2.45, 2.75) is 49.4 Å². The average Bonchev–Trinajstić information content (AvgIpc) is 3.72. The van der Waals surface area contributed by atoms with E-state index in [2.05, 4.69) is 37.2 Å². The SMILES string of the molecule is Nc1nc(N)c2ccn([C@@H]3O[C@@H]4COP(O)(=S)O[C@H]5C[C@H](n6cnc7c(N)ncnc76)O[C@@H]5COP(=O)(S)O[C@@H]3[C@@H]4O)c2n1. The van der Waals surface area contributed by atoms with Crippen molar-refractivity contribution in [2.24, 2.45) is 0 Å². The third-order valence-electron chi connectivity index (χ3n) is 7.41. The minimum atomic E-state index is -4.21. The summed E-state index contributed by atoms with van der Waals surface area (Å²) in [6.07, 6.45) is -3.10. The number of aliphatic hydroxyl groups is 1. The van der Waals surface area contributed by atoms with Gasteiger partial charge in [0.15, 0.2) is 17.7 Å². The van der Waals surface area contributed by atoms with Crippen molar-refractivity contribution in [1.29, 1.82) is 0 Å². The molecule has 3 fully saturated rings. The minimum Gasteiger partial charge on any atom is -0.387 e. The fourth-order valence-electron chi connectivity index (χ4n) is 5.41. The molecule has 23 heteroatoms. The second-order valence-corrected chi connectivity index (χ2v) is 15.8. The number of thiol groups is 1. The Morgan fingerprint density at radius 2 is 1.77 bits per heavy atom. The zero-order valence-corrected chi connectivity index (χ0v) is 25.8. The van der Waals surface area contributed by atoms with Crippen molar-refractivity contribution in [2.75, 3.05) is 30.4 Å². The van der Waals surface area contributed by atoms with Gasteiger partial charge in [-0.15, -0.1) is 0 Å². The summed E-state index contributed by atoms with van der Waals surface area (Å²) in [5, 5.41) is 11.6. The number of ether oxygens (including phenoxy) is 2. The molecule has 7 heterocycles. The Hall–Kier alpha value is -2.52. The van der Waals surface area contributed by atoms with Crippen LogP contribution in [0, 0.1) is 0 Å². The Kier molecular flexibility index (Phi) is 7.59. The van der Waals surface area contributed by atoms with E-state index in [1.807, 2.05) is 0 Å². The van der Waals surface area contributed by atoms with Crippen LogP contribution in [0.4, 0.5) is 17.6 Å². The van der Waals surface area contributed by atoms with E-state index in [0.29, 0.717) is 16.6 Å². The van der Waals surface area contributed by atoms with Crippen LogP contribution in [0.1, 0.15) is 18.9 Å². The molecule has 0 radical (unpaired) electrons. The molecule has 3 aliphatic rings. The van der Waals surface area contributed by atoms with Gasteiger partial charge in [0.05, 0.1) is 31.0 Å². The molecule has 2 unspecified atom stereocenters. The zero-order valence-electron chi connectivity index (χ0n) is 22.3. The number of aromatic nitrogens is 7. The first-order chi connectivity index (χ1) is 20.9. The highest BCUT2D eigenvalue weighted by Crippen LogP contribution is 2.58. The molecule has 3 aliphatic heterocycles. The number of aliphatic hydroxyl groups excluding tert-OH is 1. The largest absolute Gasteiger partial charge is 0.387 e. The van der Waals surface area contributed by atoms with Crippen LogP contribution in [0.25, 0.3) is 22.2 Å². The summed E-state index contributed by atoms with van der Waals surface area (Å²) >= 11 is 9.46. The van der Waals surface area contributed by atoms with Gasteiger partial charge in [-0.1, -0.05) is 12.2 Å². The highest BCUT2D eigenvalue weighted by atomic mass is 32.7. The van der Waals surface area contributed by atoms with E-state index in [1.54, 1.807) is 16.8 Å². The van der Waals surface area contributed by atoms with Gasteiger partial charge in [-0.2, -0.15) is 9.97 Å². The summed E-state index contributed by atoms with van der Waals surface area (Å²) < 4.78 is 51.8. The molecule has 8 N–H and O–H groups in total. The van der Waals surface area contributed by atoms with Crippen LogP contribution >= 0.6 is 25.8 Å². The minimum absolute atomic E-state index is 0.0988. The van der Waals surface area contributed by atoms with E-state index in [1.165, 1.54) is 17.2 Å². The quantitative estimate of drug-likeness (QED) is 0.125. The lowest BCUT2D eigenvalue weighted by Gasteiger charge is -2.26. The molecule has 44 heavy (non-hydrogen) atoms. The van der Waals surface area contributed by atoms with Crippen molar-refractivity contribution >= 4 is 77.4 Å². The molecular weight excluding hydrogens is 662 g/mol. The lowest BCUT2D eigenvalue weighted by molar-refractivity contribution is -0.0581. The Labute approximate surface area is 257 Å². The Morgan fingerprint density at radius 1 is 0.977 bits per heavy atom. The fourth-order valence-corrected chi connectivity index (χ4v) is 8.34. The number of nitrogen functional groups attached to an aromatic ring is 3. The van der Waals surface area contributed by atoms with Crippen LogP contribution in [0.15, 0.2) is 24.9 Å². The number of hydrogen-bond acceptors (Lipinski definition) is 17. The van der Waals surface area contributed by atoms with Crippen molar-refractivity contribution in [1.82, 2.24) is 34.1 Å². The second-order valence-electron chi connectivity index (χ2n) is 10.2. The first kappa shape index (κ1) is 30.2. The number of anilines is 3. The first-order valence-corrected chi connectivity index (χ1v) is 18.3. The topological polar surface area (TPSA) is 265 Å². The van der Waals surface area contributed by atoms with Gasteiger partial charge in [0.25, 0.3) is 0 Å². The number of nitrogens with two attached hydrogens (primary N) is 3. The standard InChI is InChI=1S/C21H26N10O9P2S2/c22-16-8-1-2-30(18(8)29-21(24)28-16)20-15-14(32)11(38-20)5-36-41(33,43)39-9-3-12(37-10(9)4-35-42(34,44)40-15)31-7-27-13-17(23)25-6-26-19(13)31/h1-2,6-7,9-12,14-15,20,32H,3-5H2,(H,33,43)(H,34,44)(H2,23,25,26)(H4,22,24,28,29)/t9-,10+,11+,12+,14+,15+,20+,41?,42?/m0/s1. The molecule has 0 aromatic carbocycles. The molecule has 0 aliphatic carbocycles. The molecule has 19 nitrogen and oxygen atoms in total. The van der Waals surface area contributed by atoms with Crippen LogP contribution in [0.3, 0.4) is 0 Å². The van der Waals surface area contributed by atoms with Gasteiger partial charge in [0.2, 0.25) is 5.95 Å². The molecule has 0 amide bonds. The van der Waals surface area contributed by atoms with Crippen LogP contribution in [-0.2, 0) is 43.9 Å². The van der Waals surface area contributed by atoms with Gasteiger partial charge < -0.3 is 50.3 Å². The number of nitrogens with zero attached hydrogens (tertiary/aromatic N) is 7. The first-order valence-electron chi connectivity index (χ1n) is 13.0. The van der Waals surface area contributed by atoms with Crippen LogP contribution in [0.5, 0.6) is 0 Å². The zero-order chi connectivity index (χ0) is 31.0. The highest BCUT2D eigenvalue weighted by molar-refractivity contribution is 8.44. The van der Waals surface area contributed by atoms with Crippen LogP contribution < -0.4 is 17.2 Å². The average molecular weight is 689 g/mol. The van der Waals surface area contributed by atoms with Gasteiger partial charge in [0, 0.05) is 12.6 Å². The lowest BCUT2D eigenvalue weighted by Crippen LogP contribution is -2.35. The van der Waals surface area contributed by atoms with Crippen LogP contribution in [-0.4, -0.2) is 87.8 Å². The third kappa shape index (κ3) is 5.46. The number of fused-ring (bicyclic) bond motifs is 5. The maximum atomic E-state index is 13.6. The Bertz CT molecular complexity index is 1850. The van der Waals surface area contributed by atoms with E-state index >= 15 is 0 Å². The number of hydrogen-bond donors (Lipinski definition) is 6. The normalized spacial score (nSPS) is 36.6. The van der Waals surface area contributed by atoms with Crippen molar-refractivity contribution in [3.8, 4) is 0 Å². The molecule has 9 atom stereocenters. The summed E-state index contributed by atoms with van der Waals surface area (Å²) in [5.74, 6) is 0.207. The Morgan fingerprint density at radius 3 is 2.59 bits per heavy atom. The van der Waals surface area contributed by atoms with E-state index in [0.717, 1.165) is 0 Å². The second kappa shape index (κ2) is 11.1. The predicted octanol–water partition coefficient (Wildman–Crippen LogP) is 0.635. The van der Waals surface area contributed by atoms with Crippen LogP contribution in [0.2, 0.25) is 0 Å². The smallest absolute Gasteiger partial charge is 0.386 e. The van der Waals surface area contributed by atoms with Gasteiger partial charge in [-0.3, -0.25) is 13.6 Å². The molecular formula is C21H26N10O9P2S2. The van der Waals surface area contributed by atoms with E-state index < -0.39 is 63.1 Å². The van der Waals surface area contributed by atoms with Crippen molar-refractivity contribution in [3.05, 3.63) is 24.9 Å². The molecule has 4 aromatic heterocycles. The molecule has 3 saturated heterocycles. The summed E-state index contributed by atoms with van der Waals surface area (Å²) in [7, 11) is 0. The summed E-state index contributed by atoms with van der Waals surface area (Å²) in [6.45, 7) is -8.95. The Balaban J connectivity index is 1.19. The van der Waals surface area contributed by atoms with Gasteiger partial charge in [-0.05, 0) is 17.9 Å². The van der Waals surface area contributed by atoms with Crippen molar-refractivity contribution < 1.29 is 42.1 Å². The summed E-state index contributed by atoms with van der Waals surface area (Å²) in [5.41, 5.74) is 18.8. The van der Waals surface area contributed by atoms with Gasteiger partial charge in [0.1, 0.15) is 54.0 Å². The number of rotatable bonds is 2. The summed E-state index contributed by atoms with van der Waals surface area (Å²) in [6, 6.07) is 1.62. The van der Waals surface area contributed by atoms with Gasteiger partial charge >= 0.3 is 13.5 Å². The monoisotopic (exact) mass is 688 g/mol. The molecule has 0 spiro atoms. The van der Waals surface area contributed by atoms with E-state index in [9.17, 15) is 14.6 Å². The number of imidazole rings is 1. The maximum Gasteiger partial charge on any atom is 0.386 e. The summed E-state index contributed by atoms with van der Waals surface area (Å²) in [4.78, 5) is 31.6. The maximum absolute atomic E-state index is 13.6. The molecule has 2 bridgehead atoms. The van der Waals surface area contributed by atoms with Gasteiger partial charge in [-0.25, -0.2) is 19.5 Å². The predicted molar refractivity (Wildman–Crippen MR) is 159 cm³/mol. The van der Waals surface area contributed by atoms with Crippen molar-refractivity contribution in [3.63, 3.8) is 0 Å². The fraction of sp³-hybridized carbons (Fsp3) is 0.476. The molecule has 4 aromatic rings. The lowest BCUT2D eigenvalue weighted by atomic mass is 10.1. The molecule has 236 valence electrons. The highest BCUT2D eigenvalue weighted by Gasteiger charge is 2.51. The third-order valence-corrected chi connectivity index (χ3v) is 10.6.